The van der Waals surface area contributed by atoms with Crippen LogP contribution in [0.15, 0.2) is 88.1 Å². The second kappa shape index (κ2) is 10.4. The maximum absolute atomic E-state index is 13.6. The Balaban J connectivity index is 1.46. The molecule has 0 bridgehead atoms. The number of rotatable bonds is 9. The van der Waals surface area contributed by atoms with Crippen molar-refractivity contribution in [3.05, 3.63) is 112 Å². The first-order chi connectivity index (χ1) is 17.5. The highest BCUT2D eigenvalue weighted by molar-refractivity contribution is 5.99. The summed E-state index contributed by atoms with van der Waals surface area (Å²) in [5.41, 5.74) is 2.55. The van der Waals surface area contributed by atoms with E-state index in [0.717, 1.165) is 16.9 Å². The second-order valence-electron chi connectivity index (χ2n) is 9.19. The highest BCUT2D eigenvalue weighted by atomic mass is 16.5. The first kappa shape index (κ1) is 23.8. The molecule has 1 amide bonds. The maximum Gasteiger partial charge on any atom is 0.290 e. The third-order valence-corrected chi connectivity index (χ3v) is 6.31. The van der Waals surface area contributed by atoms with Crippen LogP contribution >= 0.6 is 0 Å². The molecule has 1 aliphatic heterocycles. The summed E-state index contributed by atoms with van der Waals surface area (Å²) in [5.74, 6) is 0.569. The molecule has 0 N–H and O–H groups in total. The van der Waals surface area contributed by atoms with Gasteiger partial charge in [0.05, 0.1) is 23.1 Å². The smallest absolute Gasteiger partial charge is 0.290 e. The van der Waals surface area contributed by atoms with Crippen LogP contribution in [0.3, 0.4) is 0 Å². The summed E-state index contributed by atoms with van der Waals surface area (Å²) in [4.78, 5) is 28.7. The molecule has 36 heavy (non-hydrogen) atoms. The summed E-state index contributed by atoms with van der Waals surface area (Å²) < 4.78 is 17.6. The molecular formula is C30H29NO5. The van der Waals surface area contributed by atoms with Crippen molar-refractivity contribution in [2.45, 2.75) is 39.0 Å². The SMILES string of the molecule is CC(C)OCCCN1C(=O)c2oc3ccccc3c(=O)c2C1c1ccc(OCc2ccccc2)cc1. The summed E-state index contributed by atoms with van der Waals surface area (Å²) in [6.45, 7) is 5.40. The van der Waals surface area contributed by atoms with Gasteiger partial charge < -0.3 is 18.8 Å². The quantitative estimate of drug-likeness (QED) is 0.284. The van der Waals surface area contributed by atoms with Gasteiger partial charge in [-0.2, -0.15) is 0 Å². The van der Waals surface area contributed by atoms with Gasteiger partial charge in [-0.25, -0.2) is 0 Å². The molecule has 184 valence electrons. The molecule has 1 aromatic heterocycles. The van der Waals surface area contributed by atoms with E-state index in [-0.39, 0.29) is 23.2 Å². The van der Waals surface area contributed by atoms with Crippen LogP contribution in [0, 0.1) is 0 Å². The first-order valence-corrected chi connectivity index (χ1v) is 12.3. The van der Waals surface area contributed by atoms with Gasteiger partial charge in [0, 0.05) is 13.2 Å². The van der Waals surface area contributed by atoms with Crippen LogP contribution in [0.5, 0.6) is 5.75 Å². The van der Waals surface area contributed by atoms with E-state index in [1.54, 1.807) is 29.2 Å². The van der Waals surface area contributed by atoms with Crippen LogP contribution in [0.4, 0.5) is 0 Å². The summed E-state index contributed by atoms with van der Waals surface area (Å²) >= 11 is 0. The number of nitrogens with zero attached hydrogens (tertiary/aromatic N) is 1. The predicted molar refractivity (Wildman–Crippen MR) is 138 cm³/mol. The third kappa shape index (κ3) is 4.77. The monoisotopic (exact) mass is 483 g/mol. The van der Waals surface area contributed by atoms with Crippen LogP contribution in [0.1, 0.15) is 53.6 Å². The molecule has 0 radical (unpaired) electrons. The number of fused-ring (bicyclic) bond motifs is 2. The van der Waals surface area contributed by atoms with E-state index in [2.05, 4.69) is 0 Å². The lowest BCUT2D eigenvalue weighted by atomic mass is 9.98. The number of ether oxygens (including phenoxy) is 2. The van der Waals surface area contributed by atoms with Crippen molar-refractivity contribution in [2.24, 2.45) is 0 Å². The first-order valence-electron chi connectivity index (χ1n) is 12.3. The van der Waals surface area contributed by atoms with E-state index in [1.165, 1.54) is 0 Å². The van der Waals surface area contributed by atoms with Gasteiger partial charge in [0.15, 0.2) is 5.43 Å². The van der Waals surface area contributed by atoms with Crippen molar-refractivity contribution in [3.8, 4) is 5.75 Å². The number of hydrogen-bond donors (Lipinski definition) is 0. The van der Waals surface area contributed by atoms with E-state index in [4.69, 9.17) is 13.9 Å². The fraction of sp³-hybridized carbons (Fsp3) is 0.267. The number of carbonyl (C=O) groups excluding carboxylic acids is 1. The molecule has 0 saturated carbocycles. The van der Waals surface area contributed by atoms with Gasteiger partial charge in [-0.05, 0) is 55.7 Å². The Bertz CT molecular complexity index is 1410. The van der Waals surface area contributed by atoms with Crippen molar-refractivity contribution in [1.82, 2.24) is 4.90 Å². The minimum atomic E-state index is -0.532. The van der Waals surface area contributed by atoms with Crippen LogP contribution < -0.4 is 10.2 Å². The largest absolute Gasteiger partial charge is 0.489 e. The average Bonchev–Trinajstić information content (AvgIpc) is 3.18. The second-order valence-corrected chi connectivity index (χ2v) is 9.19. The number of amides is 1. The zero-order valence-electron chi connectivity index (χ0n) is 20.5. The van der Waals surface area contributed by atoms with Crippen molar-refractivity contribution in [1.29, 1.82) is 0 Å². The molecule has 6 heteroatoms. The van der Waals surface area contributed by atoms with Gasteiger partial charge in [-0.1, -0.05) is 54.6 Å². The van der Waals surface area contributed by atoms with E-state index in [9.17, 15) is 9.59 Å². The molecule has 0 fully saturated rings. The zero-order chi connectivity index (χ0) is 25.1. The summed E-state index contributed by atoms with van der Waals surface area (Å²) in [7, 11) is 0. The standard InChI is InChI=1S/C30H29NO5/c1-20(2)34-18-8-17-31-27(22-13-15-23(16-14-22)35-19-21-9-4-3-5-10-21)26-28(32)24-11-6-7-12-25(24)36-29(26)30(31)33/h3-7,9-16,20,27H,8,17-19H2,1-2H3. The highest BCUT2D eigenvalue weighted by Crippen LogP contribution is 2.38. The van der Waals surface area contributed by atoms with E-state index < -0.39 is 6.04 Å². The summed E-state index contributed by atoms with van der Waals surface area (Å²) in [6.07, 6.45) is 0.768. The topological polar surface area (TPSA) is 69.0 Å². The van der Waals surface area contributed by atoms with Crippen molar-refractivity contribution < 1.29 is 18.7 Å². The number of carbonyl (C=O) groups is 1. The molecule has 2 heterocycles. The molecule has 0 aliphatic carbocycles. The average molecular weight is 484 g/mol. The van der Waals surface area contributed by atoms with Crippen LogP contribution in [0.2, 0.25) is 0 Å². The zero-order valence-corrected chi connectivity index (χ0v) is 20.5. The maximum atomic E-state index is 13.6. The van der Waals surface area contributed by atoms with Gasteiger partial charge in [0.25, 0.3) is 5.91 Å². The van der Waals surface area contributed by atoms with E-state index in [0.29, 0.717) is 42.7 Å². The van der Waals surface area contributed by atoms with E-state index >= 15 is 0 Å². The number of para-hydroxylation sites is 1. The Morgan fingerprint density at radius 3 is 2.39 bits per heavy atom. The fourth-order valence-corrected chi connectivity index (χ4v) is 4.59. The summed E-state index contributed by atoms with van der Waals surface area (Å²) in [5, 5.41) is 0.474. The Kier molecular flexibility index (Phi) is 6.87. The normalized spacial score (nSPS) is 15.0. The molecule has 3 aromatic carbocycles. The highest BCUT2D eigenvalue weighted by Gasteiger charge is 2.42. The predicted octanol–water partition coefficient (Wildman–Crippen LogP) is 5.73. The van der Waals surface area contributed by atoms with Gasteiger partial charge in [-0.15, -0.1) is 0 Å². The summed E-state index contributed by atoms with van der Waals surface area (Å²) in [6, 6.07) is 24.1. The molecule has 5 rings (SSSR count). The molecular weight excluding hydrogens is 454 g/mol. The minimum Gasteiger partial charge on any atom is -0.489 e. The molecule has 1 unspecified atom stereocenters. The van der Waals surface area contributed by atoms with Gasteiger partial charge in [0.1, 0.15) is 17.9 Å². The lowest BCUT2D eigenvalue weighted by Crippen LogP contribution is -2.31. The molecule has 0 spiro atoms. The van der Waals surface area contributed by atoms with Gasteiger partial charge in [-0.3, -0.25) is 9.59 Å². The Labute approximate surface area is 210 Å². The van der Waals surface area contributed by atoms with E-state index in [1.807, 2.05) is 68.4 Å². The third-order valence-electron chi connectivity index (χ3n) is 6.31. The molecule has 6 nitrogen and oxygen atoms in total. The Hall–Kier alpha value is -3.90. The number of hydrogen-bond acceptors (Lipinski definition) is 5. The van der Waals surface area contributed by atoms with Crippen molar-refractivity contribution >= 4 is 16.9 Å². The molecule has 1 aliphatic rings. The lowest BCUT2D eigenvalue weighted by molar-refractivity contribution is 0.0593. The molecule has 0 saturated heterocycles. The fourth-order valence-electron chi connectivity index (χ4n) is 4.59. The Morgan fingerprint density at radius 1 is 0.917 bits per heavy atom. The number of benzene rings is 3. The molecule has 4 aromatic rings. The lowest BCUT2D eigenvalue weighted by Gasteiger charge is -2.25. The van der Waals surface area contributed by atoms with Crippen molar-refractivity contribution in [3.63, 3.8) is 0 Å². The minimum absolute atomic E-state index is 0.115. The molecule has 1 atom stereocenters. The van der Waals surface area contributed by atoms with Crippen LogP contribution in [-0.4, -0.2) is 30.1 Å². The van der Waals surface area contributed by atoms with Crippen LogP contribution in [0.25, 0.3) is 11.0 Å². The van der Waals surface area contributed by atoms with Gasteiger partial charge >= 0.3 is 0 Å². The van der Waals surface area contributed by atoms with Crippen molar-refractivity contribution in [2.75, 3.05) is 13.2 Å². The Morgan fingerprint density at radius 2 is 1.64 bits per heavy atom. The van der Waals surface area contributed by atoms with Crippen LogP contribution in [-0.2, 0) is 11.3 Å². The van der Waals surface area contributed by atoms with Gasteiger partial charge in [0.2, 0.25) is 5.76 Å².